The molecule has 26 heavy (non-hydrogen) atoms. The van der Waals surface area contributed by atoms with Gasteiger partial charge >= 0.3 is 5.69 Å². The van der Waals surface area contributed by atoms with Gasteiger partial charge in [-0.2, -0.15) is 0 Å². The number of anilines is 2. The van der Waals surface area contributed by atoms with Crippen molar-refractivity contribution in [2.75, 3.05) is 23.7 Å². The van der Waals surface area contributed by atoms with Crippen molar-refractivity contribution in [1.29, 1.82) is 0 Å². The largest absolute Gasteiger partial charge is 0.383 e. The summed E-state index contributed by atoms with van der Waals surface area (Å²) in [5, 5.41) is 0. The van der Waals surface area contributed by atoms with Crippen LogP contribution in [0.3, 0.4) is 0 Å². The monoisotopic (exact) mass is 356 g/mol. The quantitative estimate of drug-likeness (QED) is 0.833. The molecule has 0 spiro atoms. The number of nitrogens with two attached hydrogens (primary N) is 1. The fourth-order valence-electron chi connectivity index (χ4n) is 3.87. The van der Waals surface area contributed by atoms with E-state index in [0.29, 0.717) is 24.7 Å². The van der Waals surface area contributed by atoms with Gasteiger partial charge in [0, 0.05) is 13.1 Å². The number of benzene rings is 1. The molecule has 0 aliphatic heterocycles. The second-order valence-corrected chi connectivity index (χ2v) is 7.11. The number of nitrogens with one attached hydrogen (secondary N) is 1. The van der Waals surface area contributed by atoms with Gasteiger partial charge in [0.05, 0.1) is 6.54 Å². The average Bonchev–Trinajstić information content (AvgIpc) is 2.66. The summed E-state index contributed by atoms with van der Waals surface area (Å²) >= 11 is 0. The van der Waals surface area contributed by atoms with E-state index in [4.69, 9.17) is 5.73 Å². The van der Waals surface area contributed by atoms with E-state index in [1.165, 1.54) is 36.7 Å². The van der Waals surface area contributed by atoms with Crippen LogP contribution >= 0.6 is 0 Å². The van der Waals surface area contributed by atoms with Crippen LogP contribution in [0.2, 0.25) is 0 Å². The van der Waals surface area contributed by atoms with Crippen LogP contribution in [0.1, 0.15) is 44.6 Å². The molecule has 0 atom stereocenters. The first-order chi connectivity index (χ1) is 12.6. The fraction of sp³-hybridized carbons (Fsp3) is 0.500. The maximum atomic E-state index is 12.5. The molecular weight excluding hydrogens is 328 g/mol. The molecule has 140 valence electrons. The molecule has 0 saturated heterocycles. The van der Waals surface area contributed by atoms with Crippen molar-refractivity contribution in [2.45, 2.75) is 45.6 Å². The molecule has 1 aromatic heterocycles. The molecular formula is C20H28N4O2. The Morgan fingerprint density at radius 3 is 2.50 bits per heavy atom. The summed E-state index contributed by atoms with van der Waals surface area (Å²) in [7, 11) is 0. The van der Waals surface area contributed by atoms with Gasteiger partial charge in [0.15, 0.2) is 0 Å². The predicted molar refractivity (Wildman–Crippen MR) is 106 cm³/mol. The fourth-order valence-corrected chi connectivity index (χ4v) is 3.87. The highest BCUT2D eigenvalue weighted by molar-refractivity contribution is 5.62. The molecule has 0 amide bonds. The van der Waals surface area contributed by atoms with Crippen LogP contribution in [-0.4, -0.2) is 22.6 Å². The normalized spacial score (nSPS) is 15.1. The number of H-pyrrole nitrogens is 1. The van der Waals surface area contributed by atoms with Crippen LogP contribution in [0.5, 0.6) is 0 Å². The van der Waals surface area contributed by atoms with Gasteiger partial charge in [-0.3, -0.25) is 14.3 Å². The van der Waals surface area contributed by atoms with Crippen molar-refractivity contribution in [3.8, 4) is 0 Å². The second kappa shape index (κ2) is 8.25. The molecule has 6 nitrogen and oxygen atoms in total. The molecule has 3 N–H and O–H groups in total. The summed E-state index contributed by atoms with van der Waals surface area (Å²) in [5.74, 6) is 0.831. The third-order valence-electron chi connectivity index (χ3n) is 5.30. The first kappa shape index (κ1) is 18.3. The molecule has 1 fully saturated rings. The van der Waals surface area contributed by atoms with Crippen molar-refractivity contribution < 1.29 is 0 Å². The number of aromatic nitrogens is 2. The Bertz CT molecular complexity index is 835. The number of nitrogen functional groups attached to an aromatic ring is 1. The molecule has 1 heterocycles. The summed E-state index contributed by atoms with van der Waals surface area (Å²) in [5.41, 5.74) is 6.85. The van der Waals surface area contributed by atoms with Crippen LogP contribution in [-0.2, 0) is 6.54 Å². The van der Waals surface area contributed by atoms with E-state index in [0.717, 1.165) is 12.1 Å². The minimum atomic E-state index is -0.464. The molecule has 1 aliphatic carbocycles. The van der Waals surface area contributed by atoms with Crippen LogP contribution in [0, 0.1) is 5.92 Å². The van der Waals surface area contributed by atoms with Gasteiger partial charge in [0.1, 0.15) is 11.5 Å². The van der Waals surface area contributed by atoms with Crippen molar-refractivity contribution >= 4 is 11.5 Å². The van der Waals surface area contributed by atoms with E-state index in [9.17, 15) is 9.59 Å². The number of aromatic amines is 1. The highest BCUT2D eigenvalue weighted by Crippen LogP contribution is 2.27. The topological polar surface area (TPSA) is 84.1 Å². The van der Waals surface area contributed by atoms with Crippen LogP contribution in [0.4, 0.5) is 11.5 Å². The number of rotatable bonds is 6. The Hall–Kier alpha value is -2.50. The van der Waals surface area contributed by atoms with Gasteiger partial charge in [-0.25, -0.2) is 4.79 Å². The van der Waals surface area contributed by atoms with Gasteiger partial charge in [0.25, 0.3) is 5.56 Å². The highest BCUT2D eigenvalue weighted by atomic mass is 16.2. The van der Waals surface area contributed by atoms with Gasteiger partial charge in [-0.15, -0.1) is 0 Å². The van der Waals surface area contributed by atoms with Gasteiger partial charge in [-0.1, -0.05) is 49.6 Å². The van der Waals surface area contributed by atoms with E-state index >= 15 is 0 Å². The number of hydrogen-bond acceptors (Lipinski definition) is 4. The SMILES string of the molecule is CCN(CC1CCCCC1)c1c(N)n(Cc2ccccc2)c(=O)[nH]c1=O. The standard InChI is InChI=1S/C20H28N4O2/c1-2-23(13-15-9-5-3-6-10-15)17-18(21)24(20(26)22-19(17)25)14-16-11-7-4-8-12-16/h4,7-8,11-12,15H,2-3,5-6,9-10,13-14,21H2,1H3,(H,22,25,26). The van der Waals surface area contributed by atoms with Crippen molar-refractivity contribution in [2.24, 2.45) is 5.92 Å². The van der Waals surface area contributed by atoms with E-state index < -0.39 is 11.2 Å². The first-order valence-corrected chi connectivity index (χ1v) is 9.51. The van der Waals surface area contributed by atoms with E-state index in [-0.39, 0.29) is 5.82 Å². The maximum Gasteiger partial charge on any atom is 0.330 e. The zero-order valence-electron chi connectivity index (χ0n) is 15.4. The van der Waals surface area contributed by atoms with Crippen LogP contribution < -0.4 is 21.9 Å². The number of hydrogen-bond donors (Lipinski definition) is 2. The summed E-state index contributed by atoms with van der Waals surface area (Å²) in [6, 6.07) is 9.65. The van der Waals surface area contributed by atoms with Gasteiger partial charge in [-0.05, 0) is 31.2 Å². The van der Waals surface area contributed by atoms with Crippen LogP contribution in [0.15, 0.2) is 39.9 Å². The lowest BCUT2D eigenvalue weighted by atomic mass is 9.89. The first-order valence-electron chi connectivity index (χ1n) is 9.51. The lowest BCUT2D eigenvalue weighted by molar-refractivity contribution is 0.359. The molecule has 0 unspecified atom stereocenters. The van der Waals surface area contributed by atoms with E-state index in [2.05, 4.69) is 4.98 Å². The summed E-state index contributed by atoms with van der Waals surface area (Å²) in [6.45, 7) is 3.87. The van der Waals surface area contributed by atoms with Crippen molar-refractivity contribution in [3.05, 3.63) is 56.7 Å². The third-order valence-corrected chi connectivity index (χ3v) is 5.30. The van der Waals surface area contributed by atoms with Crippen molar-refractivity contribution in [3.63, 3.8) is 0 Å². The molecule has 2 aromatic rings. The molecule has 1 saturated carbocycles. The van der Waals surface area contributed by atoms with Gasteiger partial charge in [0.2, 0.25) is 0 Å². The Balaban J connectivity index is 1.93. The summed E-state index contributed by atoms with van der Waals surface area (Å²) in [6.07, 6.45) is 6.19. The average molecular weight is 356 g/mol. The number of nitrogens with zero attached hydrogens (tertiary/aromatic N) is 2. The Morgan fingerprint density at radius 1 is 1.15 bits per heavy atom. The predicted octanol–water partition coefficient (Wildman–Crippen LogP) is 2.57. The van der Waals surface area contributed by atoms with E-state index in [1.807, 2.05) is 42.2 Å². The maximum absolute atomic E-state index is 12.5. The minimum Gasteiger partial charge on any atom is -0.383 e. The zero-order valence-corrected chi connectivity index (χ0v) is 15.4. The molecule has 6 heteroatoms. The molecule has 0 bridgehead atoms. The lowest BCUT2D eigenvalue weighted by Gasteiger charge is -2.31. The lowest BCUT2D eigenvalue weighted by Crippen LogP contribution is -2.40. The molecule has 3 rings (SSSR count). The summed E-state index contributed by atoms with van der Waals surface area (Å²) < 4.78 is 1.45. The molecule has 0 radical (unpaired) electrons. The Kier molecular flexibility index (Phi) is 5.81. The van der Waals surface area contributed by atoms with Gasteiger partial charge < -0.3 is 10.6 Å². The highest BCUT2D eigenvalue weighted by Gasteiger charge is 2.22. The zero-order chi connectivity index (χ0) is 18.5. The van der Waals surface area contributed by atoms with Crippen molar-refractivity contribution in [1.82, 2.24) is 9.55 Å². The summed E-state index contributed by atoms with van der Waals surface area (Å²) in [4.78, 5) is 29.3. The molecule has 1 aromatic carbocycles. The van der Waals surface area contributed by atoms with E-state index in [1.54, 1.807) is 0 Å². The Labute approximate surface area is 153 Å². The molecule has 1 aliphatic rings. The smallest absolute Gasteiger partial charge is 0.330 e. The Morgan fingerprint density at radius 2 is 1.85 bits per heavy atom. The third kappa shape index (κ3) is 4.00. The van der Waals surface area contributed by atoms with Crippen LogP contribution in [0.25, 0.3) is 0 Å². The second-order valence-electron chi connectivity index (χ2n) is 7.11. The minimum absolute atomic E-state index is 0.250.